The topological polar surface area (TPSA) is 121 Å². The molecule has 1 unspecified atom stereocenters. The summed E-state index contributed by atoms with van der Waals surface area (Å²) in [7, 11) is 0. The zero-order chi connectivity index (χ0) is 16.7. The number of hydrogen-bond donors (Lipinski definition) is 2. The minimum absolute atomic E-state index is 0.0138. The number of H-pyrrole nitrogens is 1. The average molecular weight is 349 g/mol. The molecule has 0 bridgehead atoms. The average Bonchev–Trinajstić information content (AvgIpc) is 3.02. The molecule has 3 heterocycles. The summed E-state index contributed by atoms with van der Waals surface area (Å²) >= 11 is 0.945. The van der Waals surface area contributed by atoms with E-state index in [1.165, 1.54) is 5.38 Å². The molecule has 0 radical (unpaired) electrons. The van der Waals surface area contributed by atoms with Crippen LogP contribution in [0.15, 0.2) is 14.7 Å². The van der Waals surface area contributed by atoms with Gasteiger partial charge in [-0.15, -0.1) is 0 Å². The lowest BCUT2D eigenvalue weighted by Crippen LogP contribution is -2.31. The molecule has 9 nitrogen and oxygen atoms in total. The van der Waals surface area contributed by atoms with Crippen LogP contribution in [0.3, 0.4) is 0 Å². The number of thiazole rings is 1. The molecule has 0 aromatic carbocycles. The highest BCUT2D eigenvalue weighted by Gasteiger charge is 2.36. The molecular weight excluding hydrogens is 334 g/mol. The van der Waals surface area contributed by atoms with Crippen molar-refractivity contribution < 1.29 is 14.1 Å². The smallest absolute Gasteiger partial charge is 0.305 e. The van der Waals surface area contributed by atoms with Gasteiger partial charge in [0.2, 0.25) is 5.89 Å². The van der Waals surface area contributed by atoms with E-state index >= 15 is 0 Å². The van der Waals surface area contributed by atoms with Crippen molar-refractivity contribution in [2.75, 3.05) is 6.54 Å². The van der Waals surface area contributed by atoms with Crippen LogP contribution in [-0.4, -0.2) is 44.4 Å². The normalized spacial score (nSPS) is 20.3. The monoisotopic (exact) mass is 349 g/mol. The zero-order valence-corrected chi connectivity index (χ0v) is 13.5. The number of nitrogens with zero attached hydrogens (tertiary/aromatic N) is 3. The molecule has 0 spiro atoms. The highest BCUT2D eigenvalue weighted by atomic mass is 32.1. The molecular formula is C14H15N5O4S. The van der Waals surface area contributed by atoms with E-state index < -0.39 is 0 Å². The number of amides is 2. The lowest BCUT2D eigenvalue weighted by molar-refractivity contribution is 0.0704. The van der Waals surface area contributed by atoms with E-state index in [4.69, 9.17) is 4.52 Å². The molecule has 2 aromatic rings. The number of likely N-dealkylation sites (tertiary alicyclic amines) is 1. The van der Waals surface area contributed by atoms with Gasteiger partial charge in [0.15, 0.2) is 0 Å². The third-order valence-electron chi connectivity index (χ3n) is 4.11. The Kier molecular flexibility index (Phi) is 3.68. The number of nitrogens with one attached hydrogen (secondary N) is 2. The first-order valence-electron chi connectivity index (χ1n) is 7.75. The lowest BCUT2D eigenvalue weighted by Gasteiger charge is -2.20. The van der Waals surface area contributed by atoms with Crippen molar-refractivity contribution in [3.8, 4) is 0 Å². The molecule has 10 heteroatoms. The summed E-state index contributed by atoms with van der Waals surface area (Å²) in [5.41, 5.74) is 0.253. The zero-order valence-electron chi connectivity index (χ0n) is 12.7. The van der Waals surface area contributed by atoms with E-state index in [2.05, 4.69) is 20.4 Å². The highest BCUT2D eigenvalue weighted by molar-refractivity contribution is 7.07. The number of rotatable bonds is 4. The summed E-state index contributed by atoms with van der Waals surface area (Å²) in [6.07, 6.45) is 3.41. The van der Waals surface area contributed by atoms with Crippen molar-refractivity contribution in [2.45, 2.75) is 37.8 Å². The number of hydrogen-bond acceptors (Lipinski definition) is 7. The Morgan fingerprint density at radius 3 is 2.92 bits per heavy atom. The molecule has 2 amide bonds. The van der Waals surface area contributed by atoms with Crippen LogP contribution in [-0.2, 0) is 0 Å². The summed E-state index contributed by atoms with van der Waals surface area (Å²) in [6, 6.07) is -0.171. The molecule has 1 saturated carbocycles. The molecule has 1 aliphatic carbocycles. The van der Waals surface area contributed by atoms with Gasteiger partial charge in [-0.1, -0.05) is 16.5 Å². The van der Waals surface area contributed by atoms with Crippen molar-refractivity contribution in [1.29, 1.82) is 0 Å². The van der Waals surface area contributed by atoms with Crippen molar-refractivity contribution >= 4 is 23.2 Å². The third kappa shape index (κ3) is 2.84. The molecule has 4 rings (SSSR count). The SMILES string of the molecule is O=C(NC1CC1)c1noc(C2CCCN2C(=O)c2csc(=O)[nH]2)n1. The fourth-order valence-electron chi connectivity index (χ4n) is 2.75. The van der Waals surface area contributed by atoms with Crippen molar-refractivity contribution in [1.82, 2.24) is 25.3 Å². The van der Waals surface area contributed by atoms with Gasteiger partial charge in [-0.25, -0.2) is 0 Å². The van der Waals surface area contributed by atoms with Gasteiger partial charge in [0.05, 0.1) is 0 Å². The van der Waals surface area contributed by atoms with Crippen molar-refractivity contribution in [3.63, 3.8) is 0 Å². The summed E-state index contributed by atoms with van der Waals surface area (Å²) < 4.78 is 5.21. The molecule has 2 fully saturated rings. The number of aromatic nitrogens is 3. The molecule has 126 valence electrons. The summed E-state index contributed by atoms with van der Waals surface area (Å²) in [6.45, 7) is 0.535. The fraction of sp³-hybridized carbons (Fsp3) is 0.500. The fourth-order valence-corrected chi connectivity index (χ4v) is 3.30. The van der Waals surface area contributed by atoms with Crippen LogP contribution in [0.25, 0.3) is 0 Å². The third-order valence-corrected chi connectivity index (χ3v) is 4.78. The Morgan fingerprint density at radius 2 is 2.21 bits per heavy atom. The first-order valence-corrected chi connectivity index (χ1v) is 8.63. The van der Waals surface area contributed by atoms with Gasteiger partial charge < -0.3 is 19.7 Å². The summed E-state index contributed by atoms with van der Waals surface area (Å²) in [4.78, 5) is 43.7. The van der Waals surface area contributed by atoms with Crippen LogP contribution < -0.4 is 10.2 Å². The quantitative estimate of drug-likeness (QED) is 0.837. The predicted molar refractivity (Wildman–Crippen MR) is 82.7 cm³/mol. The molecule has 2 N–H and O–H groups in total. The minimum atomic E-state index is -0.379. The van der Waals surface area contributed by atoms with Gasteiger partial charge in [0.25, 0.3) is 17.6 Å². The van der Waals surface area contributed by atoms with E-state index in [0.717, 1.165) is 30.6 Å². The minimum Gasteiger partial charge on any atom is -0.346 e. The first-order chi connectivity index (χ1) is 11.6. The Labute approximate surface area is 140 Å². The number of aromatic amines is 1. The van der Waals surface area contributed by atoms with Gasteiger partial charge in [0.1, 0.15) is 11.7 Å². The van der Waals surface area contributed by atoms with E-state index in [1.54, 1.807) is 4.90 Å². The van der Waals surface area contributed by atoms with Gasteiger partial charge in [-0.2, -0.15) is 4.98 Å². The van der Waals surface area contributed by atoms with E-state index in [0.29, 0.717) is 13.0 Å². The van der Waals surface area contributed by atoms with Gasteiger partial charge >= 0.3 is 4.87 Å². The van der Waals surface area contributed by atoms with Gasteiger partial charge in [-0.05, 0) is 25.7 Å². The van der Waals surface area contributed by atoms with Crippen LogP contribution in [0.2, 0.25) is 0 Å². The van der Waals surface area contributed by atoms with Crippen LogP contribution in [0.5, 0.6) is 0 Å². The highest BCUT2D eigenvalue weighted by Crippen LogP contribution is 2.32. The van der Waals surface area contributed by atoms with Crippen molar-refractivity contribution in [3.05, 3.63) is 32.5 Å². The second-order valence-corrected chi connectivity index (χ2v) is 6.76. The maximum Gasteiger partial charge on any atom is 0.305 e. The standard InChI is InChI=1S/C14H15N5O4S/c20-11(15-7-3-4-7)10-17-12(23-18-10)9-2-1-5-19(9)13(21)8-6-24-14(22)16-8/h6-7,9H,1-5H2,(H,15,20)(H,16,22). The second-order valence-electron chi connectivity index (χ2n) is 5.92. The molecule has 2 aromatic heterocycles. The van der Waals surface area contributed by atoms with E-state index in [9.17, 15) is 14.4 Å². The first kappa shape index (κ1) is 15.1. The van der Waals surface area contributed by atoms with Gasteiger partial charge in [-0.3, -0.25) is 14.4 Å². The summed E-state index contributed by atoms with van der Waals surface area (Å²) in [5.74, 6) is -0.400. The van der Waals surface area contributed by atoms with Crippen LogP contribution in [0, 0.1) is 0 Å². The van der Waals surface area contributed by atoms with Crippen LogP contribution in [0.1, 0.15) is 58.7 Å². The number of carbonyl (C=O) groups excluding carboxylic acids is 2. The maximum atomic E-state index is 12.5. The molecule has 24 heavy (non-hydrogen) atoms. The maximum absolute atomic E-state index is 12.5. The van der Waals surface area contributed by atoms with Gasteiger partial charge in [0, 0.05) is 18.0 Å². The predicted octanol–water partition coefficient (Wildman–Crippen LogP) is 0.689. The Morgan fingerprint density at radius 1 is 1.38 bits per heavy atom. The Bertz CT molecular complexity index is 836. The Hall–Kier alpha value is -2.49. The van der Waals surface area contributed by atoms with Crippen LogP contribution >= 0.6 is 11.3 Å². The molecule has 1 aliphatic heterocycles. The molecule has 1 saturated heterocycles. The largest absolute Gasteiger partial charge is 0.346 e. The second kappa shape index (κ2) is 5.86. The lowest BCUT2D eigenvalue weighted by atomic mass is 10.2. The summed E-state index contributed by atoms with van der Waals surface area (Å²) in [5, 5.41) is 8.02. The number of carbonyl (C=O) groups is 2. The van der Waals surface area contributed by atoms with Crippen molar-refractivity contribution in [2.24, 2.45) is 0 Å². The van der Waals surface area contributed by atoms with E-state index in [-0.39, 0.29) is 46.2 Å². The van der Waals surface area contributed by atoms with Crippen LogP contribution in [0.4, 0.5) is 0 Å². The van der Waals surface area contributed by atoms with E-state index in [1.807, 2.05) is 0 Å². The molecule has 1 atom stereocenters. The Balaban J connectivity index is 1.52. The molecule has 2 aliphatic rings.